The predicted octanol–water partition coefficient (Wildman–Crippen LogP) is 3.93. The first-order chi connectivity index (χ1) is 8.95. The molecule has 1 saturated carbocycles. The number of aliphatic carboxylic acids is 1. The molecule has 0 radical (unpaired) electrons. The van der Waals surface area contributed by atoms with Gasteiger partial charge >= 0.3 is 5.97 Å². The lowest BCUT2D eigenvalue weighted by molar-refractivity contribution is -0.137. The van der Waals surface area contributed by atoms with Gasteiger partial charge in [0.15, 0.2) is 0 Å². The van der Waals surface area contributed by atoms with Gasteiger partial charge in [0, 0.05) is 11.5 Å². The highest BCUT2D eigenvalue weighted by Gasteiger charge is 2.37. The fraction of sp³-hybridized carbons (Fsp3) is 0.533. The Balaban J connectivity index is 2.53. The molecule has 3 nitrogen and oxygen atoms in total. The maximum Gasteiger partial charge on any atom is 0.303 e. The Kier molecular flexibility index (Phi) is 4.04. The molecule has 1 aliphatic carbocycles. The molecule has 1 aliphatic rings. The van der Waals surface area contributed by atoms with E-state index in [-0.39, 0.29) is 12.3 Å². The van der Waals surface area contributed by atoms with Crippen molar-refractivity contribution >= 4 is 17.6 Å². The minimum absolute atomic E-state index is 0.00449. The van der Waals surface area contributed by atoms with Crippen molar-refractivity contribution in [1.82, 2.24) is 0 Å². The minimum Gasteiger partial charge on any atom is -0.495 e. The van der Waals surface area contributed by atoms with Crippen LogP contribution in [-0.4, -0.2) is 18.2 Å². The quantitative estimate of drug-likeness (QED) is 0.890. The van der Waals surface area contributed by atoms with E-state index in [9.17, 15) is 4.79 Å². The lowest BCUT2D eigenvalue weighted by Gasteiger charge is -2.22. The zero-order chi connectivity index (χ0) is 14.2. The molecule has 1 aromatic rings. The van der Waals surface area contributed by atoms with Crippen molar-refractivity contribution < 1.29 is 14.6 Å². The van der Waals surface area contributed by atoms with Gasteiger partial charge in [-0.15, -0.1) is 0 Å². The van der Waals surface area contributed by atoms with Gasteiger partial charge in [-0.2, -0.15) is 0 Å². The van der Waals surface area contributed by atoms with Gasteiger partial charge < -0.3 is 9.84 Å². The van der Waals surface area contributed by atoms with E-state index in [1.807, 2.05) is 19.9 Å². The average Bonchev–Trinajstić information content (AvgIpc) is 3.14. The van der Waals surface area contributed by atoms with Gasteiger partial charge in [-0.05, 0) is 49.8 Å². The molecule has 19 heavy (non-hydrogen) atoms. The fourth-order valence-electron chi connectivity index (χ4n) is 2.72. The van der Waals surface area contributed by atoms with Crippen molar-refractivity contribution in [3.63, 3.8) is 0 Å². The Labute approximate surface area is 118 Å². The van der Waals surface area contributed by atoms with Crippen molar-refractivity contribution in [2.45, 2.75) is 39.0 Å². The second-order valence-electron chi connectivity index (χ2n) is 5.29. The standard InChI is InChI=1S/C15H19ClO3/c1-8-6-12(16)15(19-3)14(9(8)2)11(7-13(17)18)10-4-5-10/h6,10-11H,4-5,7H2,1-3H3,(H,17,18). The largest absolute Gasteiger partial charge is 0.495 e. The summed E-state index contributed by atoms with van der Waals surface area (Å²) in [4.78, 5) is 11.1. The summed E-state index contributed by atoms with van der Waals surface area (Å²) in [6, 6.07) is 1.88. The van der Waals surface area contributed by atoms with Crippen molar-refractivity contribution in [1.29, 1.82) is 0 Å². The summed E-state index contributed by atoms with van der Waals surface area (Å²) in [5, 5.41) is 9.71. The number of rotatable bonds is 5. The van der Waals surface area contributed by atoms with Gasteiger partial charge in [0.1, 0.15) is 5.75 Å². The first-order valence-electron chi connectivity index (χ1n) is 6.51. The van der Waals surface area contributed by atoms with Crippen molar-refractivity contribution in [2.24, 2.45) is 5.92 Å². The lowest BCUT2D eigenvalue weighted by Crippen LogP contribution is -2.12. The predicted molar refractivity (Wildman–Crippen MR) is 75.2 cm³/mol. The molecule has 0 aliphatic heterocycles. The molecular weight excluding hydrogens is 264 g/mol. The third kappa shape index (κ3) is 2.86. The highest BCUT2D eigenvalue weighted by atomic mass is 35.5. The van der Waals surface area contributed by atoms with Crippen LogP contribution in [0.25, 0.3) is 0 Å². The number of hydrogen-bond donors (Lipinski definition) is 1. The summed E-state index contributed by atoms with van der Waals surface area (Å²) >= 11 is 6.24. The maximum atomic E-state index is 11.1. The van der Waals surface area contributed by atoms with Gasteiger partial charge in [-0.3, -0.25) is 4.79 Å². The summed E-state index contributed by atoms with van der Waals surface area (Å²) in [7, 11) is 1.59. The first-order valence-corrected chi connectivity index (χ1v) is 6.88. The van der Waals surface area contributed by atoms with Crippen LogP contribution in [0.4, 0.5) is 0 Å². The third-order valence-electron chi connectivity index (χ3n) is 3.96. The van der Waals surface area contributed by atoms with Crippen molar-refractivity contribution in [2.75, 3.05) is 7.11 Å². The van der Waals surface area contributed by atoms with Crippen molar-refractivity contribution in [3.05, 3.63) is 27.8 Å². The number of carboxylic acids is 1. The number of carboxylic acid groups (broad SMARTS) is 1. The lowest BCUT2D eigenvalue weighted by atomic mass is 9.85. The number of aryl methyl sites for hydroxylation is 1. The molecule has 0 spiro atoms. The average molecular weight is 283 g/mol. The molecule has 0 bridgehead atoms. The highest BCUT2D eigenvalue weighted by molar-refractivity contribution is 6.32. The van der Waals surface area contributed by atoms with Gasteiger partial charge in [0.25, 0.3) is 0 Å². The Morgan fingerprint density at radius 1 is 1.53 bits per heavy atom. The molecular formula is C15H19ClO3. The molecule has 1 atom stereocenters. The van der Waals surface area contributed by atoms with Crippen molar-refractivity contribution in [3.8, 4) is 5.75 Å². The van der Waals surface area contributed by atoms with E-state index >= 15 is 0 Å². The number of carbonyl (C=O) groups is 1. The molecule has 0 heterocycles. The summed E-state index contributed by atoms with van der Waals surface area (Å²) in [5.74, 6) is 0.324. The monoisotopic (exact) mass is 282 g/mol. The third-order valence-corrected chi connectivity index (χ3v) is 4.24. The topological polar surface area (TPSA) is 46.5 Å². The van der Waals surface area contributed by atoms with E-state index in [4.69, 9.17) is 21.4 Å². The summed E-state index contributed by atoms with van der Waals surface area (Å²) in [6.07, 6.45) is 2.32. The number of halogens is 1. The molecule has 1 unspecified atom stereocenters. The fourth-order valence-corrected chi connectivity index (χ4v) is 3.06. The highest BCUT2D eigenvalue weighted by Crippen LogP contribution is 2.50. The van der Waals surface area contributed by atoms with Crippen LogP contribution in [0.3, 0.4) is 0 Å². The summed E-state index contributed by atoms with van der Waals surface area (Å²) in [6.45, 7) is 4.01. The Hall–Kier alpha value is -1.22. The molecule has 2 rings (SSSR count). The van der Waals surface area contributed by atoms with Crippen LogP contribution in [0.1, 0.15) is 41.9 Å². The number of hydrogen-bond acceptors (Lipinski definition) is 2. The molecule has 4 heteroatoms. The second kappa shape index (κ2) is 5.41. The summed E-state index contributed by atoms with van der Waals surface area (Å²) in [5.41, 5.74) is 3.16. The second-order valence-corrected chi connectivity index (χ2v) is 5.70. The van der Waals surface area contributed by atoms with E-state index in [0.717, 1.165) is 29.5 Å². The van der Waals surface area contributed by atoms with Crippen LogP contribution in [0, 0.1) is 19.8 Å². The van der Waals surface area contributed by atoms with E-state index in [1.165, 1.54) is 0 Å². The first kappa shape index (κ1) is 14.2. The van der Waals surface area contributed by atoms with Crippen LogP contribution in [0.15, 0.2) is 6.07 Å². The molecule has 1 fully saturated rings. The number of methoxy groups -OCH3 is 1. The van der Waals surface area contributed by atoms with Gasteiger partial charge in [-0.1, -0.05) is 11.6 Å². The van der Waals surface area contributed by atoms with Gasteiger partial charge in [0.2, 0.25) is 0 Å². The zero-order valence-electron chi connectivity index (χ0n) is 11.5. The van der Waals surface area contributed by atoms with E-state index in [1.54, 1.807) is 7.11 Å². The number of benzene rings is 1. The SMILES string of the molecule is COc1c(Cl)cc(C)c(C)c1C(CC(=O)O)C1CC1. The van der Waals surface area contributed by atoms with Crippen LogP contribution < -0.4 is 4.74 Å². The normalized spacial score (nSPS) is 16.2. The molecule has 1 aromatic carbocycles. The number of ether oxygens (including phenoxy) is 1. The van der Waals surface area contributed by atoms with E-state index in [2.05, 4.69) is 0 Å². The molecule has 104 valence electrons. The Morgan fingerprint density at radius 3 is 2.63 bits per heavy atom. The zero-order valence-corrected chi connectivity index (χ0v) is 12.3. The van der Waals surface area contributed by atoms with Gasteiger partial charge in [0.05, 0.1) is 18.6 Å². The smallest absolute Gasteiger partial charge is 0.303 e. The van der Waals surface area contributed by atoms with Crippen LogP contribution >= 0.6 is 11.6 Å². The van der Waals surface area contributed by atoms with Crippen LogP contribution in [-0.2, 0) is 4.79 Å². The van der Waals surface area contributed by atoms with E-state index < -0.39 is 5.97 Å². The minimum atomic E-state index is -0.768. The van der Waals surface area contributed by atoms with Crippen LogP contribution in [0.5, 0.6) is 5.75 Å². The summed E-state index contributed by atoms with van der Waals surface area (Å²) < 4.78 is 5.43. The molecule has 0 aromatic heterocycles. The Bertz CT molecular complexity index is 507. The maximum absolute atomic E-state index is 11.1. The van der Waals surface area contributed by atoms with Crippen LogP contribution in [0.2, 0.25) is 5.02 Å². The Morgan fingerprint density at radius 2 is 2.16 bits per heavy atom. The molecule has 0 saturated heterocycles. The van der Waals surface area contributed by atoms with E-state index in [0.29, 0.717) is 16.7 Å². The van der Waals surface area contributed by atoms with Gasteiger partial charge in [-0.25, -0.2) is 0 Å². The molecule has 0 amide bonds. The molecule has 1 N–H and O–H groups in total.